The van der Waals surface area contributed by atoms with Gasteiger partial charge in [0.25, 0.3) is 22.2 Å². The Morgan fingerprint density at radius 2 is 0.818 bits per heavy atom. The van der Waals surface area contributed by atoms with Crippen LogP contribution in [0.3, 0.4) is 0 Å². The first-order valence-electron chi connectivity index (χ1n) is 6.64. The van der Waals surface area contributed by atoms with E-state index in [9.17, 15) is 19.2 Å². The minimum atomic E-state index is -0.527. The lowest BCUT2D eigenvalue weighted by Crippen LogP contribution is -2.07. The second kappa shape index (κ2) is 3.30. The largest absolute Gasteiger partial charge is 0.288 e. The molecule has 6 heteroatoms. The number of H-pyrrole nitrogens is 2. The molecule has 0 saturated heterocycles. The first-order valence-corrected chi connectivity index (χ1v) is 6.64. The molecule has 2 bridgehead atoms. The SMILES string of the molecule is O=c1[nH]c(=O)c2c1c1c3ccccc3c2c2c(=O)[nH]c(=O)c21. The van der Waals surface area contributed by atoms with Crippen LogP contribution in [0.15, 0.2) is 43.4 Å². The Morgan fingerprint density at radius 1 is 0.500 bits per heavy atom. The zero-order valence-corrected chi connectivity index (χ0v) is 10.9. The Balaban J connectivity index is 2.49. The van der Waals surface area contributed by atoms with E-state index in [1.54, 1.807) is 24.3 Å². The number of aromatic nitrogens is 2. The van der Waals surface area contributed by atoms with Gasteiger partial charge >= 0.3 is 0 Å². The van der Waals surface area contributed by atoms with E-state index in [0.717, 1.165) is 0 Å². The Kier molecular flexibility index (Phi) is 1.71. The van der Waals surface area contributed by atoms with Gasteiger partial charge in [0.2, 0.25) is 0 Å². The quantitative estimate of drug-likeness (QED) is 0.438. The molecule has 0 aliphatic heterocycles. The highest BCUT2D eigenvalue weighted by Crippen LogP contribution is 2.39. The summed E-state index contributed by atoms with van der Waals surface area (Å²) in [4.78, 5) is 53.0. The van der Waals surface area contributed by atoms with Crippen LogP contribution in [0.5, 0.6) is 0 Å². The van der Waals surface area contributed by atoms with Gasteiger partial charge in [0.1, 0.15) is 0 Å². The molecule has 2 N–H and O–H groups in total. The van der Waals surface area contributed by atoms with Gasteiger partial charge in [-0.05, 0) is 10.8 Å². The van der Waals surface area contributed by atoms with E-state index in [4.69, 9.17) is 0 Å². The van der Waals surface area contributed by atoms with Crippen molar-refractivity contribution in [3.8, 4) is 0 Å². The van der Waals surface area contributed by atoms with Crippen LogP contribution in [0.4, 0.5) is 0 Å². The second-order valence-corrected chi connectivity index (χ2v) is 5.36. The summed E-state index contributed by atoms with van der Waals surface area (Å²) in [5, 5.41) is 2.94. The summed E-state index contributed by atoms with van der Waals surface area (Å²) < 4.78 is 0. The molecule has 0 fully saturated rings. The summed E-state index contributed by atoms with van der Waals surface area (Å²) in [7, 11) is 0. The van der Waals surface area contributed by atoms with Crippen LogP contribution in [-0.2, 0) is 0 Å². The molecule has 0 spiro atoms. The lowest BCUT2D eigenvalue weighted by Gasteiger charge is -2.10. The van der Waals surface area contributed by atoms with Crippen molar-refractivity contribution < 1.29 is 0 Å². The van der Waals surface area contributed by atoms with Crippen molar-refractivity contribution in [3.05, 3.63) is 65.7 Å². The summed E-state index contributed by atoms with van der Waals surface area (Å²) in [6.07, 6.45) is 0. The number of hydrogen-bond acceptors (Lipinski definition) is 4. The third-order valence-electron chi connectivity index (χ3n) is 4.33. The van der Waals surface area contributed by atoms with E-state index in [2.05, 4.69) is 9.97 Å². The number of benzene rings is 4. The Bertz CT molecular complexity index is 1260. The fourth-order valence-corrected chi connectivity index (χ4v) is 3.57. The standard InChI is InChI=1S/C16H6N2O4/c19-13-9-7-5-3-1-2-4-6(5)8(11(9)15(21)17-13)12-10(7)14(20)18-16(12)22/h1-4H,(H,17,19,21)(H,18,20,22). The molecule has 0 atom stereocenters. The molecule has 104 valence electrons. The van der Waals surface area contributed by atoms with Crippen LogP contribution in [0.2, 0.25) is 0 Å². The molecule has 6 rings (SSSR count). The van der Waals surface area contributed by atoms with Crippen molar-refractivity contribution in [1.82, 2.24) is 9.97 Å². The van der Waals surface area contributed by atoms with Crippen molar-refractivity contribution in [1.29, 1.82) is 0 Å². The molecule has 0 aliphatic carbocycles. The van der Waals surface area contributed by atoms with Gasteiger partial charge in [-0.2, -0.15) is 0 Å². The van der Waals surface area contributed by atoms with E-state index >= 15 is 0 Å². The molecule has 22 heavy (non-hydrogen) atoms. The van der Waals surface area contributed by atoms with Crippen LogP contribution in [0.25, 0.3) is 43.1 Å². The van der Waals surface area contributed by atoms with Crippen molar-refractivity contribution in [3.63, 3.8) is 0 Å². The third kappa shape index (κ3) is 1.02. The van der Waals surface area contributed by atoms with E-state index in [1.165, 1.54) is 0 Å². The van der Waals surface area contributed by atoms with Crippen LogP contribution >= 0.6 is 0 Å². The van der Waals surface area contributed by atoms with Gasteiger partial charge in [0.15, 0.2) is 0 Å². The predicted molar refractivity (Wildman–Crippen MR) is 83.8 cm³/mol. The van der Waals surface area contributed by atoms with Crippen molar-refractivity contribution in [2.75, 3.05) is 0 Å². The number of hydrogen-bond donors (Lipinski definition) is 2. The minimum absolute atomic E-state index is 0.197. The summed E-state index contributed by atoms with van der Waals surface area (Å²) in [6.45, 7) is 0. The van der Waals surface area contributed by atoms with Crippen LogP contribution in [0, 0.1) is 0 Å². The molecule has 6 aromatic rings. The molecule has 2 heterocycles. The average molecular weight is 290 g/mol. The number of rotatable bonds is 0. The van der Waals surface area contributed by atoms with Gasteiger partial charge in [-0.3, -0.25) is 29.1 Å². The predicted octanol–water partition coefficient (Wildman–Crippen LogP) is 0.710. The topological polar surface area (TPSA) is 99.9 Å². The molecule has 0 amide bonds. The lowest BCUT2D eigenvalue weighted by atomic mass is 9.89. The molecular formula is C16H6N2O4. The molecule has 0 aliphatic rings. The average Bonchev–Trinajstić information content (AvgIpc) is 2.98. The number of nitrogens with one attached hydrogen (secondary N) is 2. The maximum absolute atomic E-state index is 12.1. The maximum Gasteiger partial charge on any atom is 0.259 e. The van der Waals surface area contributed by atoms with Crippen molar-refractivity contribution >= 4 is 43.1 Å². The van der Waals surface area contributed by atoms with E-state index in [-0.39, 0.29) is 21.5 Å². The molecule has 6 nitrogen and oxygen atoms in total. The summed E-state index contributed by atoms with van der Waals surface area (Å²) in [5.41, 5.74) is -2.11. The molecule has 0 radical (unpaired) electrons. The lowest BCUT2D eigenvalue weighted by molar-refractivity contribution is 1.26. The highest BCUT2D eigenvalue weighted by Gasteiger charge is 2.25. The minimum Gasteiger partial charge on any atom is -0.288 e. The Labute approximate surface area is 119 Å². The fraction of sp³-hybridized carbons (Fsp3) is 0. The summed E-state index contributed by atoms with van der Waals surface area (Å²) >= 11 is 0. The molecule has 0 unspecified atom stereocenters. The highest BCUT2D eigenvalue weighted by molar-refractivity contribution is 6.39. The summed E-state index contributed by atoms with van der Waals surface area (Å²) in [6, 6.07) is 7.14. The third-order valence-corrected chi connectivity index (χ3v) is 4.33. The van der Waals surface area contributed by atoms with Gasteiger partial charge in [-0.25, -0.2) is 0 Å². The zero-order chi connectivity index (χ0) is 15.2. The zero-order valence-electron chi connectivity index (χ0n) is 10.9. The fourth-order valence-electron chi connectivity index (χ4n) is 3.57. The smallest absolute Gasteiger partial charge is 0.259 e. The van der Waals surface area contributed by atoms with Gasteiger partial charge in [-0.1, -0.05) is 24.3 Å². The normalized spacial score (nSPS) is 12.4. The molecule has 2 aromatic heterocycles. The molecular weight excluding hydrogens is 284 g/mol. The van der Waals surface area contributed by atoms with E-state index in [1.807, 2.05) is 0 Å². The maximum atomic E-state index is 12.1. The molecule has 0 saturated carbocycles. The van der Waals surface area contributed by atoms with Gasteiger partial charge < -0.3 is 0 Å². The van der Waals surface area contributed by atoms with Gasteiger partial charge in [0.05, 0.1) is 21.5 Å². The van der Waals surface area contributed by atoms with Crippen LogP contribution < -0.4 is 22.2 Å². The first-order chi connectivity index (χ1) is 10.6. The van der Waals surface area contributed by atoms with Crippen molar-refractivity contribution in [2.24, 2.45) is 0 Å². The van der Waals surface area contributed by atoms with E-state index < -0.39 is 22.2 Å². The monoisotopic (exact) mass is 290 g/mol. The first kappa shape index (κ1) is 11.4. The number of aromatic amines is 2. The Hall–Kier alpha value is -3.28. The van der Waals surface area contributed by atoms with E-state index in [0.29, 0.717) is 21.5 Å². The summed E-state index contributed by atoms with van der Waals surface area (Å²) in [5.74, 6) is 0. The van der Waals surface area contributed by atoms with Gasteiger partial charge in [-0.15, -0.1) is 0 Å². The Morgan fingerprint density at radius 3 is 1.14 bits per heavy atom. The molecule has 4 aromatic carbocycles. The van der Waals surface area contributed by atoms with Crippen LogP contribution in [-0.4, -0.2) is 9.97 Å². The van der Waals surface area contributed by atoms with Gasteiger partial charge in [0, 0.05) is 10.8 Å². The van der Waals surface area contributed by atoms with Crippen molar-refractivity contribution in [2.45, 2.75) is 0 Å². The second-order valence-electron chi connectivity index (χ2n) is 5.36. The van der Waals surface area contributed by atoms with Crippen LogP contribution in [0.1, 0.15) is 0 Å². The highest BCUT2D eigenvalue weighted by atomic mass is 16.2.